The molecule has 0 radical (unpaired) electrons. The van der Waals surface area contributed by atoms with Crippen LogP contribution in [0.15, 0.2) is 47.4 Å². The van der Waals surface area contributed by atoms with Crippen molar-refractivity contribution in [3.8, 4) is 0 Å². The molecule has 8 heteroatoms. The fraction of sp³-hybridized carbons (Fsp3) is 0.278. The normalized spacial score (nSPS) is 18.0. The predicted octanol–water partition coefficient (Wildman–Crippen LogP) is 3.07. The van der Waals surface area contributed by atoms with E-state index < -0.39 is 33.6 Å². The zero-order valence-corrected chi connectivity index (χ0v) is 14.9. The first kappa shape index (κ1) is 18.5. The fourth-order valence-corrected chi connectivity index (χ4v) is 4.65. The van der Waals surface area contributed by atoms with Gasteiger partial charge in [-0.2, -0.15) is 4.31 Å². The highest BCUT2D eigenvalue weighted by Crippen LogP contribution is 2.28. The summed E-state index contributed by atoms with van der Waals surface area (Å²) in [7, 11) is -3.93. The zero-order valence-electron chi connectivity index (χ0n) is 14.1. The molecular weight excluding hydrogens is 362 g/mol. The number of hydrogen-bond acceptors (Lipinski definition) is 3. The maximum Gasteiger partial charge on any atom is 0.243 e. The Bertz CT molecular complexity index is 930. The van der Waals surface area contributed by atoms with Crippen LogP contribution in [-0.4, -0.2) is 31.2 Å². The third-order valence-electron chi connectivity index (χ3n) is 4.45. The molecule has 0 unspecified atom stereocenters. The van der Waals surface area contributed by atoms with Crippen molar-refractivity contribution in [3.05, 3.63) is 59.7 Å². The molecule has 1 atom stereocenters. The number of anilines is 1. The van der Waals surface area contributed by atoms with E-state index in [1.165, 1.54) is 31.2 Å². The van der Waals surface area contributed by atoms with Crippen LogP contribution in [0.4, 0.5) is 14.5 Å². The molecule has 1 fully saturated rings. The molecule has 0 aromatic heterocycles. The van der Waals surface area contributed by atoms with Gasteiger partial charge in [0, 0.05) is 17.8 Å². The Kier molecular flexibility index (Phi) is 5.06. The molecule has 1 heterocycles. The number of carbonyl (C=O) groups excluding carboxylic acids is 1. The monoisotopic (exact) mass is 380 g/mol. The van der Waals surface area contributed by atoms with Gasteiger partial charge in [0.25, 0.3) is 0 Å². The van der Waals surface area contributed by atoms with Crippen LogP contribution in [0.1, 0.15) is 18.4 Å². The molecule has 2 aromatic carbocycles. The van der Waals surface area contributed by atoms with E-state index in [4.69, 9.17) is 0 Å². The number of carbonyl (C=O) groups is 1. The van der Waals surface area contributed by atoms with Gasteiger partial charge in [-0.1, -0.05) is 6.07 Å². The molecule has 0 saturated carbocycles. The van der Waals surface area contributed by atoms with E-state index in [1.807, 2.05) is 0 Å². The summed E-state index contributed by atoms with van der Waals surface area (Å²) in [5.74, 6) is -1.51. The minimum atomic E-state index is -3.93. The van der Waals surface area contributed by atoms with E-state index in [-0.39, 0.29) is 17.0 Å². The van der Waals surface area contributed by atoms with Gasteiger partial charge >= 0.3 is 0 Å². The lowest BCUT2D eigenvalue weighted by molar-refractivity contribution is -0.119. The van der Waals surface area contributed by atoms with Crippen molar-refractivity contribution in [2.75, 3.05) is 11.9 Å². The van der Waals surface area contributed by atoms with Crippen molar-refractivity contribution in [3.63, 3.8) is 0 Å². The quantitative estimate of drug-likeness (QED) is 0.887. The third kappa shape index (κ3) is 3.47. The van der Waals surface area contributed by atoms with E-state index in [0.29, 0.717) is 18.5 Å². The van der Waals surface area contributed by atoms with Crippen LogP contribution < -0.4 is 5.32 Å². The number of nitrogens with zero attached hydrogens (tertiary/aromatic N) is 1. The summed E-state index contributed by atoms with van der Waals surface area (Å²) in [5, 5.41) is 2.61. The lowest BCUT2D eigenvalue weighted by atomic mass is 10.1. The van der Waals surface area contributed by atoms with E-state index in [9.17, 15) is 22.0 Å². The van der Waals surface area contributed by atoms with Gasteiger partial charge in [-0.15, -0.1) is 0 Å². The molecule has 3 rings (SSSR count). The summed E-state index contributed by atoms with van der Waals surface area (Å²) in [4.78, 5) is 12.6. The first-order chi connectivity index (χ1) is 12.3. The smallest absolute Gasteiger partial charge is 0.243 e. The number of amides is 1. The highest BCUT2D eigenvalue weighted by atomic mass is 32.2. The minimum absolute atomic E-state index is 0.0689. The largest absolute Gasteiger partial charge is 0.324 e. The average Bonchev–Trinajstić information content (AvgIpc) is 3.10. The average molecular weight is 380 g/mol. The topological polar surface area (TPSA) is 66.5 Å². The Labute approximate surface area is 150 Å². The van der Waals surface area contributed by atoms with Gasteiger partial charge in [-0.25, -0.2) is 17.2 Å². The van der Waals surface area contributed by atoms with Gasteiger partial charge in [0.05, 0.1) is 4.90 Å². The molecule has 1 N–H and O–H groups in total. The molecule has 1 amide bonds. The summed E-state index contributed by atoms with van der Waals surface area (Å²) < 4.78 is 53.4. The van der Waals surface area contributed by atoms with E-state index in [0.717, 1.165) is 16.4 Å². The number of rotatable bonds is 4. The second-order valence-corrected chi connectivity index (χ2v) is 8.02. The summed E-state index contributed by atoms with van der Waals surface area (Å²) in [6.45, 7) is 1.73. The molecule has 138 valence electrons. The molecule has 26 heavy (non-hydrogen) atoms. The number of hydrogen-bond donors (Lipinski definition) is 1. The Morgan fingerprint density at radius 3 is 2.54 bits per heavy atom. The molecule has 1 aliphatic rings. The molecule has 1 aliphatic heterocycles. The molecule has 0 aliphatic carbocycles. The second kappa shape index (κ2) is 7.13. The summed E-state index contributed by atoms with van der Waals surface area (Å²) in [5.41, 5.74) is 0.591. The van der Waals surface area contributed by atoms with Crippen LogP contribution in [0.3, 0.4) is 0 Å². The highest BCUT2D eigenvalue weighted by Gasteiger charge is 2.39. The third-order valence-corrected chi connectivity index (χ3v) is 6.37. The summed E-state index contributed by atoms with van der Waals surface area (Å²) >= 11 is 0. The summed E-state index contributed by atoms with van der Waals surface area (Å²) in [6.07, 6.45) is 0.890. The maximum absolute atomic E-state index is 13.6. The Morgan fingerprint density at radius 1 is 1.15 bits per heavy atom. The van der Waals surface area contributed by atoms with E-state index >= 15 is 0 Å². The number of benzene rings is 2. The number of nitrogens with one attached hydrogen (secondary N) is 1. The van der Waals surface area contributed by atoms with Crippen LogP contribution in [-0.2, 0) is 14.8 Å². The molecule has 2 aromatic rings. The van der Waals surface area contributed by atoms with E-state index in [1.54, 1.807) is 6.07 Å². The van der Waals surface area contributed by atoms with E-state index in [2.05, 4.69) is 5.32 Å². The number of halogens is 2. The van der Waals surface area contributed by atoms with Crippen molar-refractivity contribution in [2.45, 2.75) is 30.7 Å². The van der Waals surface area contributed by atoms with Gasteiger partial charge in [0.1, 0.15) is 17.7 Å². The van der Waals surface area contributed by atoms with Crippen molar-refractivity contribution in [2.24, 2.45) is 0 Å². The highest BCUT2D eigenvalue weighted by molar-refractivity contribution is 7.89. The second-order valence-electron chi connectivity index (χ2n) is 6.13. The fourth-order valence-electron chi connectivity index (χ4n) is 2.99. The molecule has 0 spiro atoms. The minimum Gasteiger partial charge on any atom is -0.324 e. The molecule has 0 bridgehead atoms. The number of sulfonamides is 1. The molecule has 1 saturated heterocycles. The van der Waals surface area contributed by atoms with Crippen molar-refractivity contribution in [1.82, 2.24) is 4.31 Å². The lowest BCUT2D eigenvalue weighted by Crippen LogP contribution is -2.43. The Balaban J connectivity index is 1.84. The van der Waals surface area contributed by atoms with Gasteiger partial charge in [0.15, 0.2) is 0 Å². The zero-order chi connectivity index (χ0) is 18.9. The maximum atomic E-state index is 13.6. The predicted molar refractivity (Wildman–Crippen MR) is 93.1 cm³/mol. The molecule has 5 nitrogen and oxygen atoms in total. The van der Waals surface area contributed by atoms with Gasteiger partial charge < -0.3 is 5.32 Å². The van der Waals surface area contributed by atoms with Crippen molar-refractivity contribution >= 4 is 21.6 Å². The van der Waals surface area contributed by atoms with Crippen molar-refractivity contribution in [1.29, 1.82) is 0 Å². The lowest BCUT2D eigenvalue weighted by Gasteiger charge is -2.23. The van der Waals surface area contributed by atoms with Crippen LogP contribution in [0.5, 0.6) is 0 Å². The Hall–Kier alpha value is -2.32. The summed E-state index contributed by atoms with van der Waals surface area (Å²) in [6, 6.07) is 7.90. The molecular formula is C18H18F2N2O3S. The first-order valence-corrected chi connectivity index (χ1v) is 9.58. The van der Waals surface area contributed by atoms with Gasteiger partial charge in [-0.3, -0.25) is 4.79 Å². The standard InChI is InChI=1S/C18H18F2N2O3S/c1-12-15(20)4-2-5-16(12)21-18(23)17-6-3-11-22(17)26(24,25)14-9-7-13(19)8-10-14/h2,4-5,7-10,17H,3,6,11H2,1H3,(H,21,23)/t17-/m0/s1. The van der Waals surface area contributed by atoms with Crippen LogP contribution in [0.2, 0.25) is 0 Å². The van der Waals surface area contributed by atoms with Crippen molar-refractivity contribution < 1.29 is 22.0 Å². The Morgan fingerprint density at radius 2 is 1.85 bits per heavy atom. The first-order valence-electron chi connectivity index (χ1n) is 8.14. The SMILES string of the molecule is Cc1c(F)cccc1NC(=O)[C@@H]1CCCN1S(=O)(=O)c1ccc(F)cc1. The van der Waals surface area contributed by atoms with Crippen LogP contribution in [0, 0.1) is 18.6 Å². The van der Waals surface area contributed by atoms with Gasteiger partial charge in [0.2, 0.25) is 15.9 Å². The van der Waals surface area contributed by atoms with Crippen LogP contribution >= 0.6 is 0 Å². The van der Waals surface area contributed by atoms with Crippen LogP contribution in [0.25, 0.3) is 0 Å². The van der Waals surface area contributed by atoms with Gasteiger partial charge in [-0.05, 0) is 56.2 Å².